The second-order valence-corrected chi connectivity index (χ2v) is 6.27. The fourth-order valence-corrected chi connectivity index (χ4v) is 2.91. The van der Waals surface area contributed by atoms with E-state index in [4.69, 9.17) is 19.5 Å². The number of carbonyl (C=O) groups is 1. The fourth-order valence-electron chi connectivity index (χ4n) is 2.91. The number of nitrogens with zero attached hydrogens (tertiary/aromatic N) is 1. The van der Waals surface area contributed by atoms with Crippen LogP contribution >= 0.6 is 0 Å². The average molecular weight is 390 g/mol. The van der Waals surface area contributed by atoms with Gasteiger partial charge in [-0.05, 0) is 29.0 Å². The molecule has 3 aromatic carbocycles. The van der Waals surface area contributed by atoms with Crippen LogP contribution in [0.15, 0.2) is 60.7 Å². The number of rotatable bonds is 9. The Hall–Kier alpha value is -3.72. The zero-order valence-electron chi connectivity index (χ0n) is 16.2. The SMILES string of the molecule is COc1cccc(CNC(=O)CC#N)c1OCCOc1ccc2ccccc2c1. The number of hydrogen-bond donors (Lipinski definition) is 1. The van der Waals surface area contributed by atoms with Gasteiger partial charge in [0.05, 0.1) is 13.2 Å². The fraction of sp³-hybridized carbons (Fsp3) is 0.217. The summed E-state index contributed by atoms with van der Waals surface area (Å²) in [4.78, 5) is 11.6. The maximum atomic E-state index is 11.6. The van der Waals surface area contributed by atoms with Crippen molar-refractivity contribution >= 4 is 16.7 Å². The van der Waals surface area contributed by atoms with Crippen LogP contribution in [-0.4, -0.2) is 26.2 Å². The number of benzene rings is 3. The summed E-state index contributed by atoms with van der Waals surface area (Å²) in [5.41, 5.74) is 0.765. The number of carbonyl (C=O) groups excluding carboxylic acids is 1. The Labute approximate surface area is 169 Å². The van der Waals surface area contributed by atoms with Crippen LogP contribution in [0.3, 0.4) is 0 Å². The lowest BCUT2D eigenvalue weighted by molar-refractivity contribution is -0.120. The largest absolute Gasteiger partial charge is 0.493 e. The van der Waals surface area contributed by atoms with Gasteiger partial charge in [-0.25, -0.2) is 0 Å². The maximum absolute atomic E-state index is 11.6. The van der Waals surface area contributed by atoms with E-state index in [2.05, 4.69) is 11.4 Å². The van der Waals surface area contributed by atoms with E-state index in [-0.39, 0.29) is 18.9 Å². The van der Waals surface area contributed by atoms with Crippen molar-refractivity contribution in [3.8, 4) is 23.3 Å². The average Bonchev–Trinajstić information content (AvgIpc) is 2.75. The summed E-state index contributed by atoms with van der Waals surface area (Å²) in [6.45, 7) is 0.918. The van der Waals surface area contributed by atoms with E-state index in [1.54, 1.807) is 13.2 Å². The Morgan fingerprint density at radius 1 is 1.00 bits per heavy atom. The van der Waals surface area contributed by atoms with Crippen molar-refractivity contribution in [1.82, 2.24) is 5.32 Å². The van der Waals surface area contributed by atoms with Gasteiger partial charge in [0.15, 0.2) is 11.5 Å². The molecule has 6 nitrogen and oxygen atoms in total. The standard InChI is InChI=1S/C23H22N2O4/c1-27-21-8-4-7-19(16-25-22(26)11-12-24)23(21)29-14-13-28-20-10-9-17-5-2-3-6-18(17)15-20/h2-10,15H,11,13-14,16H2,1H3,(H,25,26). The van der Waals surface area contributed by atoms with Crippen molar-refractivity contribution in [2.45, 2.75) is 13.0 Å². The monoisotopic (exact) mass is 390 g/mol. The molecule has 3 aromatic rings. The lowest BCUT2D eigenvalue weighted by Crippen LogP contribution is -2.22. The lowest BCUT2D eigenvalue weighted by Gasteiger charge is -2.16. The molecule has 6 heteroatoms. The number of methoxy groups -OCH3 is 1. The summed E-state index contributed by atoms with van der Waals surface area (Å²) in [6, 6.07) is 21.3. The molecular weight excluding hydrogens is 368 g/mol. The van der Waals surface area contributed by atoms with E-state index in [9.17, 15) is 4.79 Å². The van der Waals surface area contributed by atoms with Crippen molar-refractivity contribution in [1.29, 1.82) is 5.26 Å². The van der Waals surface area contributed by atoms with Gasteiger partial charge in [0.25, 0.3) is 0 Å². The van der Waals surface area contributed by atoms with Gasteiger partial charge in [-0.15, -0.1) is 0 Å². The Bertz CT molecular complexity index is 1030. The second kappa shape index (κ2) is 10.00. The predicted molar refractivity (Wildman–Crippen MR) is 110 cm³/mol. The first-order valence-corrected chi connectivity index (χ1v) is 9.25. The summed E-state index contributed by atoms with van der Waals surface area (Å²) in [5, 5.41) is 13.6. The first-order chi connectivity index (χ1) is 14.2. The van der Waals surface area contributed by atoms with Gasteiger partial charge in [-0.1, -0.05) is 42.5 Å². The number of amides is 1. The van der Waals surface area contributed by atoms with Gasteiger partial charge in [0, 0.05) is 12.1 Å². The minimum absolute atomic E-state index is 0.181. The number of nitrogens with one attached hydrogen (secondary N) is 1. The summed E-state index contributed by atoms with van der Waals surface area (Å²) < 4.78 is 17.1. The molecule has 148 valence electrons. The van der Waals surface area contributed by atoms with Crippen LogP contribution in [0.2, 0.25) is 0 Å². The number of para-hydroxylation sites is 1. The van der Waals surface area contributed by atoms with Gasteiger partial charge in [-0.3, -0.25) is 4.79 Å². The molecule has 0 spiro atoms. The molecule has 1 N–H and O–H groups in total. The quantitative estimate of drug-likeness (QED) is 0.562. The van der Waals surface area contributed by atoms with Crippen molar-refractivity contribution < 1.29 is 19.0 Å². The Morgan fingerprint density at radius 3 is 2.59 bits per heavy atom. The van der Waals surface area contributed by atoms with Gasteiger partial charge >= 0.3 is 0 Å². The van der Waals surface area contributed by atoms with E-state index in [0.717, 1.165) is 22.1 Å². The third-order valence-corrected chi connectivity index (χ3v) is 4.32. The Kier molecular flexibility index (Phi) is 6.90. The van der Waals surface area contributed by atoms with Gasteiger partial charge in [0.2, 0.25) is 5.91 Å². The zero-order valence-corrected chi connectivity index (χ0v) is 16.2. The molecule has 0 bridgehead atoms. The molecule has 0 aliphatic heterocycles. The van der Waals surface area contributed by atoms with Crippen LogP contribution in [0, 0.1) is 11.3 Å². The van der Waals surface area contributed by atoms with Gasteiger partial charge in [0.1, 0.15) is 25.4 Å². The molecule has 0 heterocycles. The predicted octanol–water partition coefficient (Wildman–Crippen LogP) is 3.84. The normalized spacial score (nSPS) is 10.2. The molecule has 0 atom stereocenters. The van der Waals surface area contributed by atoms with Crippen LogP contribution in [0.25, 0.3) is 10.8 Å². The first kappa shape index (κ1) is 20.0. The van der Waals surface area contributed by atoms with E-state index >= 15 is 0 Å². The summed E-state index contributed by atoms with van der Waals surface area (Å²) in [5.74, 6) is 1.56. The highest BCUT2D eigenvalue weighted by molar-refractivity contribution is 5.83. The maximum Gasteiger partial charge on any atom is 0.234 e. The number of nitriles is 1. The van der Waals surface area contributed by atoms with Crippen LogP contribution in [0.5, 0.6) is 17.2 Å². The molecule has 0 unspecified atom stereocenters. The van der Waals surface area contributed by atoms with Crippen molar-refractivity contribution in [2.75, 3.05) is 20.3 Å². The molecular formula is C23H22N2O4. The van der Waals surface area contributed by atoms with E-state index in [0.29, 0.717) is 24.7 Å². The van der Waals surface area contributed by atoms with Gasteiger partial charge in [-0.2, -0.15) is 5.26 Å². The topological polar surface area (TPSA) is 80.6 Å². The van der Waals surface area contributed by atoms with Crippen LogP contribution in [0.4, 0.5) is 0 Å². The smallest absolute Gasteiger partial charge is 0.234 e. The lowest BCUT2D eigenvalue weighted by atomic mass is 10.1. The molecule has 0 saturated carbocycles. The zero-order chi connectivity index (χ0) is 20.5. The summed E-state index contributed by atoms with van der Waals surface area (Å²) >= 11 is 0. The van der Waals surface area contributed by atoms with Crippen LogP contribution in [-0.2, 0) is 11.3 Å². The third kappa shape index (κ3) is 5.39. The molecule has 0 aliphatic carbocycles. The van der Waals surface area contributed by atoms with Crippen LogP contribution in [0.1, 0.15) is 12.0 Å². The molecule has 3 rings (SSSR count). The number of ether oxygens (including phenoxy) is 3. The molecule has 0 fully saturated rings. The Morgan fingerprint density at radius 2 is 1.79 bits per heavy atom. The van der Waals surface area contributed by atoms with Crippen molar-refractivity contribution in [2.24, 2.45) is 0 Å². The molecule has 1 amide bonds. The van der Waals surface area contributed by atoms with Gasteiger partial charge < -0.3 is 19.5 Å². The molecule has 0 aromatic heterocycles. The minimum Gasteiger partial charge on any atom is -0.493 e. The van der Waals surface area contributed by atoms with E-state index < -0.39 is 0 Å². The van der Waals surface area contributed by atoms with Crippen molar-refractivity contribution in [3.05, 3.63) is 66.2 Å². The molecule has 0 radical (unpaired) electrons. The van der Waals surface area contributed by atoms with Crippen molar-refractivity contribution in [3.63, 3.8) is 0 Å². The minimum atomic E-state index is -0.332. The molecule has 29 heavy (non-hydrogen) atoms. The Balaban J connectivity index is 1.60. The number of hydrogen-bond acceptors (Lipinski definition) is 5. The highest BCUT2D eigenvalue weighted by Gasteiger charge is 2.12. The highest BCUT2D eigenvalue weighted by atomic mass is 16.5. The first-order valence-electron chi connectivity index (χ1n) is 9.25. The molecule has 0 saturated heterocycles. The summed E-state index contributed by atoms with van der Waals surface area (Å²) in [7, 11) is 1.56. The third-order valence-electron chi connectivity index (χ3n) is 4.32. The highest BCUT2D eigenvalue weighted by Crippen LogP contribution is 2.31. The molecule has 0 aliphatic rings. The van der Waals surface area contributed by atoms with E-state index in [1.807, 2.05) is 54.6 Å². The summed E-state index contributed by atoms with van der Waals surface area (Å²) in [6.07, 6.45) is -0.181. The second-order valence-electron chi connectivity index (χ2n) is 6.27. The number of fused-ring (bicyclic) bond motifs is 1. The van der Waals surface area contributed by atoms with Crippen LogP contribution < -0.4 is 19.5 Å². The van der Waals surface area contributed by atoms with E-state index in [1.165, 1.54) is 0 Å².